The van der Waals surface area contributed by atoms with Gasteiger partial charge in [0.1, 0.15) is 0 Å². The topological polar surface area (TPSA) is 0 Å². The van der Waals surface area contributed by atoms with E-state index in [-0.39, 0.29) is 19.8 Å². The van der Waals surface area contributed by atoms with Crippen molar-refractivity contribution in [3.8, 4) is 0 Å². The molecule has 0 N–H and O–H groups in total. The summed E-state index contributed by atoms with van der Waals surface area (Å²) in [6.45, 7) is 2.34. The van der Waals surface area contributed by atoms with E-state index in [0.29, 0.717) is 0 Å². The zero-order valence-corrected chi connectivity index (χ0v) is 12.2. The first-order chi connectivity index (χ1) is 6.88. The van der Waals surface area contributed by atoms with Crippen LogP contribution in [0.15, 0.2) is 60.7 Å². The molecule has 2 aromatic carbocycles. The van der Waals surface area contributed by atoms with E-state index in [4.69, 9.17) is 0 Å². The fraction of sp³-hybridized carbons (Fsp3) is 0.0769. The molecule has 0 amide bonds. The van der Waals surface area contributed by atoms with Gasteiger partial charge < -0.3 is 0 Å². The van der Waals surface area contributed by atoms with Gasteiger partial charge in [0.25, 0.3) is 0 Å². The van der Waals surface area contributed by atoms with Gasteiger partial charge in [-0.25, -0.2) is 0 Å². The van der Waals surface area contributed by atoms with Crippen molar-refractivity contribution in [1.29, 1.82) is 0 Å². The van der Waals surface area contributed by atoms with Crippen LogP contribution in [0.5, 0.6) is 0 Å². The Hall–Kier alpha value is -0.494. The Labute approximate surface area is 106 Å². The molecule has 0 aromatic heterocycles. The zero-order valence-electron chi connectivity index (χ0n) is 8.63. The fourth-order valence-corrected chi connectivity index (χ4v) is 3.26. The summed E-state index contributed by atoms with van der Waals surface area (Å²) in [4.78, 5) is 0. The summed E-state index contributed by atoms with van der Waals surface area (Å²) in [6, 6.07) is 21.5. The summed E-state index contributed by atoms with van der Waals surface area (Å²) >= 11 is 0. The van der Waals surface area contributed by atoms with Crippen molar-refractivity contribution in [2.45, 2.75) is 0 Å². The molecule has 0 unspecified atom stereocenters. The molecule has 0 spiro atoms. The van der Waals surface area contributed by atoms with Crippen LogP contribution in [0.2, 0.25) is 0 Å². The number of hydrogen-bond acceptors (Lipinski definition) is 0. The Morgan fingerprint density at radius 3 is 1.33 bits per heavy atom. The zero-order chi connectivity index (χ0) is 9.80. The fourth-order valence-electron chi connectivity index (χ4n) is 1.54. The van der Waals surface area contributed by atoms with Gasteiger partial charge >= 0.3 is 0 Å². The molecule has 0 bridgehead atoms. The molecule has 2 aromatic rings. The van der Waals surface area contributed by atoms with E-state index in [9.17, 15) is 0 Å². The third kappa shape index (κ3) is 3.24. The second-order valence-electron chi connectivity index (χ2n) is 3.36. The standard InChI is InChI=1S/C13H13P.Os/c1-14(12-8-4-2-5-9-12)13-10-6-3-7-11-13;/h2-11H,1H3;/p+1. The van der Waals surface area contributed by atoms with Gasteiger partial charge in [-0.3, -0.25) is 0 Å². The summed E-state index contributed by atoms with van der Waals surface area (Å²) in [6.07, 6.45) is 0. The number of hydrogen-bond donors (Lipinski definition) is 0. The van der Waals surface area contributed by atoms with Crippen LogP contribution < -0.4 is 10.6 Å². The molecule has 0 saturated carbocycles. The Morgan fingerprint density at radius 1 is 0.667 bits per heavy atom. The van der Waals surface area contributed by atoms with Crippen molar-refractivity contribution in [1.82, 2.24) is 0 Å². The molecule has 15 heavy (non-hydrogen) atoms. The quantitative estimate of drug-likeness (QED) is 0.690. The summed E-state index contributed by atoms with van der Waals surface area (Å²) in [5.74, 6) is 0. The molecule has 2 heteroatoms. The Bertz CT molecular complexity index is 346. The van der Waals surface area contributed by atoms with E-state index in [2.05, 4.69) is 67.3 Å². The summed E-state index contributed by atoms with van der Waals surface area (Å²) in [7, 11) is -0.545. The second-order valence-corrected chi connectivity index (χ2v) is 5.76. The Balaban J connectivity index is 0.00000112. The largest absolute Gasteiger partial charge is 0.0964 e. The van der Waals surface area contributed by atoms with Crippen molar-refractivity contribution in [2.24, 2.45) is 0 Å². The SMILES string of the molecule is C[PH+](c1ccccc1)c1ccccc1.[Os]. The first-order valence-corrected chi connectivity index (χ1v) is 6.82. The van der Waals surface area contributed by atoms with Crippen LogP contribution in [-0.2, 0) is 19.8 Å². The van der Waals surface area contributed by atoms with Gasteiger partial charge in [-0.2, -0.15) is 0 Å². The summed E-state index contributed by atoms with van der Waals surface area (Å²) in [5.41, 5.74) is 0. The number of rotatable bonds is 2. The van der Waals surface area contributed by atoms with Gasteiger partial charge in [0.05, 0.1) is 25.2 Å². The molecule has 0 heterocycles. The molecule has 2 rings (SSSR count). The normalized spacial score (nSPS) is 9.73. The maximum atomic E-state index is 2.34. The molecular formula is C13H14OsP+. The van der Waals surface area contributed by atoms with Crippen LogP contribution in [0.25, 0.3) is 0 Å². The van der Waals surface area contributed by atoms with E-state index >= 15 is 0 Å². The molecular weight excluding hydrogens is 377 g/mol. The average molecular weight is 391 g/mol. The van der Waals surface area contributed by atoms with Crippen molar-refractivity contribution in [3.05, 3.63) is 60.7 Å². The summed E-state index contributed by atoms with van der Waals surface area (Å²) in [5, 5.41) is 2.95. The van der Waals surface area contributed by atoms with Crippen LogP contribution in [0.4, 0.5) is 0 Å². The molecule has 0 saturated heterocycles. The van der Waals surface area contributed by atoms with E-state index < -0.39 is 7.92 Å². The van der Waals surface area contributed by atoms with Crippen LogP contribution >= 0.6 is 7.92 Å². The van der Waals surface area contributed by atoms with E-state index in [0.717, 1.165) is 0 Å². The van der Waals surface area contributed by atoms with Crippen molar-refractivity contribution < 1.29 is 19.8 Å². The molecule has 0 radical (unpaired) electrons. The molecule has 78 valence electrons. The molecule has 0 atom stereocenters. The van der Waals surface area contributed by atoms with Crippen LogP contribution in [0, 0.1) is 0 Å². The first kappa shape index (κ1) is 12.6. The molecule has 0 nitrogen and oxygen atoms in total. The summed E-state index contributed by atoms with van der Waals surface area (Å²) < 4.78 is 0. The monoisotopic (exact) mass is 393 g/mol. The van der Waals surface area contributed by atoms with Gasteiger partial charge in [0.15, 0.2) is 0 Å². The van der Waals surface area contributed by atoms with Gasteiger partial charge in [0.2, 0.25) is 0 Å². The van der Waals surface area contributed by atoms with Gasteiger partial charge in [-0.1, -0.05) is 36.4 Å². The minimum Gasteiger partial charge on any atom is -0.0620 e. The average Bonchev–Trinajstić information content (AvgIpc) is 2.30. The predicted molar refractivity (Wildman–Crippen MR) is 66.4 cm³/mol. The van der Waals surface area contributed by atoms with Gasteiger partial charge in [-0.05, 0) is 24.3 Å². The Kier molecular flexibility index (Phi) is 5.17. The van der Waals surface area contributed by atoms with Crippen LogP contribution in [0.1, 0.15) is 0 Å². The minimum atomic E-state index is -0.545. The van der Waals surface area contributed by atoms with Crippen molar-refractivity contribution in [2.75, 3.05) is 6.66 Å². The first-order valence-electron chi connectivity index (χ1n) is 4.82. The van der Waals surface area contributed by atoms with Gasteiger partial charge in [-0.15, -0.1) is 0 Å². The maximum absolute atomic E-state index is 2.34. The van der Waals surface area contributed by atoms with Crippen LogP contribution in [-0.4, -0.2) is 6.66 Å². The second kappa shape index (κ2) is 6.17. The predicted octanol–water partition coefficient (Wildman–Crippen LogP) is 2.48. The molecule has 0 fully saturated rings. The minimum absolute atomic E-state index is 0. The van der Waals surface area contributed by atoms with E-state index in [1.807, 2.05) is 0 Å². The third-order valence-electron chi connectivity index (χ3n) is 2.41. The number of benzene rings is 2. The third-order valence-corrected chi connectivity index (χ3v) is 4.81. The van der Waals surface area contributed by atoms with Gasteiger partial charge in [0, 0.05) is 19.8 Å². The molecule has 0 aliphatic rings. The maximum Gasteiger partial charge on any atom is 0.0964 e. The molecule has 0 aliphatic heterocycles. The molecule has 0 aliphatic carbocycles. The van der Waals surface area contributed by atoms with E-state index in [1.165, 1.54) is 10.6 Å². The van der Waals surface area contributed by atoms with E-state index in [1.54, 1.807) is 0 Å². The van der Waals surface area contributed by atoms with Crippen molar-refractivity contribution in [3.63, 3.8) is 0 Å². The Morgan fingerprint density at radius 2 is 1.00 bits per heavy atom. The smallest absolute Gasteiger partial charge is 0.0620 e. The van der Waals surface area contributed by atoms with Crippen molar-refractivity contribution >= 4 is 18.5 Å². The van der Waals surface area contributed by atoms with Crippen LogP contribution in [0.3, 0.4) is 0 Å².